The molecule has 0 aromatic heterocycles. The number of aliphatic hydroxyl groups excluding tert-OH is 1. The number of likely N-dealkylation sites (N-methyl/N-ethyl adjacent to an activating group) is 1. The Bertz CT molecular complexity index is 406. The van der Waals surface area contributed by atoms with E-state index in [4.69, 9.17) is 0 Å². The van der Waals surface area contributed by atoms with Crippen LogP contribution < -0.4 is 5.32 Å². The lowest BCUT2D eigenvalue weighted by molar-refractivity contribution is 0.119. The Morgan fingerprint density at radius 1 is 1.29 bits per heavy atom. The van der Waals surface area contributed by atoms with E-state index in [0.717, 1.165) is 18.4 Å². The summed E-state index contributed by atoms with van der Waals surface area (Å²) >= 11 is 0. The fourth-order valence-corrected chi connectivity index (χ4v) is 2.55. The van der Waals surface area contributed by atoms with Gasteiger partial charge in [0, 0.05) is 6.04 Å². The van der Waals surface area contributed by atoms with Gasteiger partial charge in [-0.05, 0) is 42.0 Å². The van der Waals surface area contributed by atoms with Gasteiger partial charge in [-0.3, -0.25) is 0 Å². The lowest BCUT2D eigenvalue weighted by Gasteiger charge is -2.31. The molecule has 2 rings (SSSR count). The summed E-state index contributed by atoms with van der Waals surface area (Å²) in [7, 11) is 1.92. The maximum atomic E-state index is 10.3. The van der Waals surface area contributed by atoms with E-state index in [9.17, 15) is 5.11 Å². The van der Waals surface area contributed by atoms with Gasteiger partial charge in [0.1, 0.15) is 0 Å². The van der Waals surface area contributed by atoms with Gasteiger partial charge < -0.3 is 10.4 Å². The number of rotatable bonds is 1. The fourth-order valence-electron chi connectivity index (χ4n) is 2.55. The van der Waals surface area contributed by atoms with Crippen molar-refractivity contribution in [1.82, 2.24) is 5.32 Å². The SMILES string of the molecule is CNC1CCc2ccc(C(C)(C)C)cc2C1O. The molecule has 0 spiro atoms. The van der Waals surface area contributed by atoms with E-state index >= 15 is 0 Å². The van der Waals surface area contributed by atoms with Crippen LogP contribution in [0, 0.1) is 0 Å². The largest absolute Gasteiger partial charge is 0.387 e. The van der Waals surface area contributed by atoms with Crippen molar-refractivity contribution in [3.63, 3.8) is 0 Å². The minimum Gasteiger partial charge on any atom is -0.387 e. The number of hydrogen-bond donors (Lipinski definition) is 2. The second-order valence-corrected chi connectivity index (χ2v) is 6.04. The van der Waals surface area contributed by atoms with Crippen molar-refractivity contribution in [1.29, 1.82) is 0 Å². The molecule has 0 amide bonds. The van der Waals surface area contributed by atoms with E-state index in [-0.39, 0.29) is 17.6 Å². The topological polar surface area (TPSA) is 32.3 Å². The molecule has 2 nitrogen and oxygen atoms in total. The minimum absolute atomic E-state index is 0.140. The van der Waals surface area contributed by atoms with Crippen LogP contribution in [-0.2, 0) is 11.8 Å². The van der Waals surface area contributed by atoms with Crippen molar-refractivity contribution in [3.8, 4) is 0 Å². The number of aliphatic hydroxyl groups is 1. The Labute approximate surface area is 104 Å². The second-order valence-electron chi connectivity index (χ2n) is 6.04. The minimum atomic E-state index is -0.369. The maximum Gasteiger partial charge on any atom is 0.0945 e. The summed E-state index contributed by atoms with van der Waals surface area (Å²) < 4.78 is 0. The first-order valence-corrected chi connectivity index (χ1v) is 6.42. The molecular formula is C15H23NO. The van der Waals surface area contributed by atoms with Gasteiger partial charge in [0.15, 0.2) is 0 Å². The van der Waals surface area contributed by atoms with Crippen LogP contribution in [0.15, 0.2) is 18.2 Å². The molecule has 2 atom stereocenters. The van der Waals surface area contributed by atoms with Crippen LogP contribution in [0.5, 0.6) is 0 Å². The quantitative estimate of drug-likeness (QED) is 0.781. The van der Waals surface area contributed by atoms with Crippen LogP contribution in [0.25, 0.3) is 0 Å². The third-order valence-electron chi connectivity index (χ3n) is 3.81. The Hall–Kier alpha value is -0.860. The van der Waals surface area contributed by atoms with Crippen molar-refractivity contribution >= 4 is 0 Å². The molecule has 17 heavy (non-hydrogen) atoms. The highest BCUT2D eigenvalue weighted by Crippen LogP contribution is 2.33. The summed E-state index contributed by atoms with van der Waals surface area (Å²) in [4.78, 5) is 0. The molecule has 0 fully saturated rings. The highest BCUT2D eigenvalue weighted by atomic mass is 16.3. The molecule has 0 saturated heterocycles. The van der Waals surface area contributed by atoms with Crippen molar-refractivity contribution < 1.29 is 5.11 Å². The Morgan fingerprint density at radius 3 is 2.59 bits per heavy atom. The maximum absolute atomic E-state index is 10.3. The zero-order valence-electron chi connectivity index (χ0n) is 11.2. The van der Waals surface area contributed by atoms with Crippen LogP contribution >= 0.6 is 0 Å². The number of nitrogens with one attached hydrogen (secondary N) is 1. The Kier molecular flexibility index (Phi) is 3.28. The van der Waals surface area contributed by atoms with Gasteiger partial charge in [-0.25, -0.2) is 0 Å². The van der Waals surface area contributed by atoms with Crippen LogP contribution in [0.1, 0.15) is 50.0 Å². The van der Waals surface area contributed by atoms with Crippen molar-refractivity contribution in [2.24, 2.45) is 0 Å². The van der Waals surface area contributed by atoms with E-state index in [1.165, 1.54) is 11.1 Å². The van der Waals surface area contributed by atoms with Crippen LogP contribution in [-0.4, -0.2) is 18.2 Å². The van der Waals surface area contributed by atoms with Gasteiger partial charge in [-0.1, -0.05) is 39.0 Å². The summed E-state index contributed by atoms with van der Waals surface area (Å²) in [6, 6.07) is 6.76. The van der Waals surface area contributed by atoms with Gasteiger partial charge in [-0.2, -0.15) is 0 Å². The molecule has 94 valence electrons. The van der Waals surface area contributed by atoms with Crippen molar-refractivity contribution in [3.05, 3.63) is 34.9 Å². The molecule has 0 aliphatic heterocycles. The van der Waals surface area contributed by atoms with Gasteiger partial charge in [-0.15, -0.1) is 0 Å². The van der Waals surface area contributed by atoms with E-state index in [1.807, 2.05) is 7.05 Å². The molecule has 1 aromatic carbocycles. The molecule has 0 bridgehead atoms. The first-order valence-electron chi connectivity index (χ1n) is 6.42. The predicted molar refractivity (Wildman–Crippen MR) is 71.3 cm³/mol. The average Bonchev–Trinajstić information content (AvgIpc) is 2.28. The highest BCUT2D eigenvalue weighted by molar-refractivity contribution is 5.39. The average molecular weight is 233 g/mol. The highest BCUT2D eigenvalue weighted by Gasteiger charge is 2.27. The molecule has 0 heterocycles. The zero-order chi connectivity index (χ0) is 12.6. The number of benzene rings is 1. The molecule has 2 N–H and O–H groups in total. The molecule has 1 aliphatic carbocycles. The van der Waals surface area contributed by atoms with Crippen LogP contribution in [0.3, 0.4) is 0 Å². The van der Waals surface area contributed by atoms with E-state index < -0.39 is 0 Å². The summed E-state index contributed by atoms with van der Waals surface area (Å²) in [5, 5.41) is 13.6. The Balaban J connectivity index is 2.40. The molecule has 1 aliphatic rings. The summed E-state index contributed by atoms with van der Waals surface area (Å²) in [5.74, 6) is 0. The van der Waals surface area contributed by atoms with Crippen LogP contribution in [0.4, 0.5) is 0 Å². The van der Waals surface area contributed by atoms with E-state index in [1.54, 1.807) is 0 Å². The molecule has 2 unspecified atom stereocenters. The molecule has 1 aromatic rings. The number of fused-ring (bicyclic) bond motifs is 1. The summed E-state index contributed by atoms with van der Waals surface area (Å²) in [6.45, 7) is 6.62. The molecule has 2 heteroatoms. The lowest BCUT2D eigenvalue weighted by Crippen LogP contribution is -2.36. The zero-order valence-corrected chi connectivity index (χ0v) is 11.2. The predicted octanol–water partition coefficient (Wildman–Crippen LogP) is 2.55. The third kappa shape index (κ3) is 2.38. The van der Waals surface area contributed by atoms with Crippen LogP contribution in [0.2, 0.25) is 0 Å². The smallest absolute Gasteiger partial charge is 0.0945 e. The van der Waals surface area contributed by atoms with E-state index in [0.29, 0.717) is 0 Å². The van der Waals surface area contributed by atoms with Crippen molar-refractivity contribution in [2.45, 2.75) is 51.2 Å². The van der Waals surface area contributed by atoms with Crippen molar-refractivity contribution in [2.75, 3.05) is 7.05 Å². The Morgan fingerprint density at radius 2 is 2.00 bits per heavy atom. The lowest BCUT2D eigenvalue weighted by atomic mass is 9.80. The second kappa shape index (κ2) is 4.43. The number of aryl methyl sites for hydroxylation is 1. The van der Waals surface area contributed by atoms with Gasteiger partial charge >= 0.3 is 0 Å². The molecular weight excluding hydrogens is 210 g/mol. The molecule has 0 radical (unpaired) electrons. The van der Waals surface area contributed by atoms with E-state index in [2.05, 4.69) is 44.3 Å². The monoisotopic (exact) mass is 233 g/mol. The van der Waals surface area contributed by atoms with Gasteiger partial charge in [0.2, 0.25) is 0 Å². The number of hydrogen-bond acceptors (Lipinski definition) is 2. The normalized spacial score (nSPS) is 24.5. The fraction of sp³-hybridized carbons (Fsp3) is 0.600. The third-order valence-corrected chi connectivity index (χ3v) is 3.81. The standard InChI is InChI=1S/C15H23NO/c1-15(2,3)11-7-5-10-6-8-13(16-4)14(17)12(10)9-11/h5,7,9,13-14,16-17H,6,8H2,1-4H3. The molecule has 0 saturated carbocycles. The van der Waals surface area contributed by atoms with Gasteiger partial charge in [0.25, 0.3) is 0 Å². The summed E-state index contributed by atoms with van der Waals surface area (Å²) in [6.07, 6.45) is 1.70. The first kappa shape index (κ1) is 12.6. The first-order chi connectivity index (χ1) is 7.93. The summed E-state index contributed by atoms with van der Waals surface area (Å²) in [5.41, 5.74) is 3.86. The van der Waals surface area contributed by atoms with Gasteiger partial charge in [0.05, 0.1) is 6.10 Å².